The molecular weight excluding hydrogens is 422 g/mol. The fourth-order valence-electron chi connectivity index (χ4n) is 3.94. The van der Waals surface area contributed by atoms with Gasteiger partial charge in [-0.15, -0.1) is 11.6 Å². The Morgan fingerprint density at radius 1 is 0.500 bits per heavy atom. The Kier molecular flexibility index (Phi) is 7.01. The summed E-state index contributed by atoms with van der Waals surface area (Å²) in [5.41, 5.74) is 0. The lowest BCUT2D eigenvalue weighted by molar-refractivity contribution is 1.01. The summed E-state index contributed by atoms with van der Waals surface area (Å²) in [5, 5.41) is 5.50. The van der Waals surface area contributed by atoms with E-state index in [2.05, 4.69) is 128 Å². The molecule has 4 aromatic rings. The van der Waals surface area contributed by atoms with Crippen LogP contribution in [0.2, 0.25) is 0 Å². The first-order chi connectivity index (χ1) is 14.7. The molecule has 0 aliphatic rings. The molecule has 0 fully saturated rings. The van der Waals surface area contributed by atoms with Crippen LogP contribution in [-0.4, -0.2) is 10.8 Å². The van der Waals surface area contributed by atoms with Gasteiger partial charge >= 0.3 is 0 Å². The lowest BCUT2D eigenvalue weighted by Crippen LogP contribution is -2.38. The van der Waals surface area contributed by atoms with Crippen LogP contribution < -0.4 is 21.2 Å². The summed E-state index contributed by atoms with van der Waals surface area (Å²) in [6.45, 7) is 2.40. The summed E-state index contributed by atoms with van der Waals surface area (Å²) in [6, 6.07) is 43.7. The minimum atomic E-state index is -0.686. The van der Waals surface area contributed by atoms with Crippen LogP contribution in [0.1, 0.15) is 6.92 Å². The highest BCUT2D eigenvalue weighted by Crippen LogP contribution is 2.65. The summed E-state index contributed by atoms with van der Waals surface area (Å²) < 4.78 is 0. The zero-order valence-electron chi connectivity index (χ0n) is 17.0. The van der Waals surface area contributed by atoms with Crippen LogP contribution in [0.3, 0.4) is 0 Å². The normalized spacial score (nSPS) is 11.7. The first-order valence-electron chi connectivity index (χ1n) is 10.1. The van der Waals surface area contributed by atoms with Gasteiger partial charge < -0.3 is 0 Å². The van der Waals surface area contributed by atoms with Crippen molar-refractivity contribution in [2.75, 3.05) is 5.88 Å². The van der Waals surface area contributed by atoms with E-state index in [1.165, 1.54) is 21.2 Å². The molecule has 0 saturated carbocycles. The third-order valence-corrected chi connectivity index (χ3v) is 12.9. The minimum absolute atomic E-state index is 0.113. The largest absolute Gasteiger partial charge is 0.125 e. The van der Waals surface area contributed by atoms with Gasteiger partial charge in [-0.25, -0.2) is 0 Å². The Labute approximate surface area is 187 Å². The second-order valence-corrected chi connectivity index (χ2v) is 13.4. The first kappa shape index (κ1) is 21.3. The lowest BCUT2D eigenvalue weighted by Gasteiger charge is -2.44. The Morgan fingerprint density at radius 3 is 0.933 bits per heavy atom. The third kappa shape index (κ3) is 4.38. The highest BCUT2D eigenvalue weighted by atomic mass is 35.5. The Hall–Kier alpha value is -1.97. The maximum atomic E-state index is 6.93. The van der Waals surface area contributed by atoms with E-state index in [1.54, 1.807) is 0 Å². The number of benzene rings is 4. The molecule has 4 rings (SSSR count). The molecule has 0 amide bonds. The molecule has 0 N–H and O–H groups in total. The molecule has 0 aliphatic carbocycles. The average molecular weight is 447 g/mol. The van der Waals surface area contributed by atoms with Crippen molar-refractivity contribution in [2.24, 2.45) is 0 Å². The minimum Gasteiger partial charge on any atom is -0.125 e. The Morgan fingerprint density at radius 2 is 0.733 bits per heavy atom. The molecular formula is C27H25ClP2. The number of alkyl halides is 1. The van der Waals surface area contributed by atoms with Gasteiger partial charge in [0.2, 0.25) is 0 Å². The summed E-state index contributed by atoms with van der Waals surface area (Å²) in [7, 11) is -1.37. The predicted molar refractivity (Wildman–Crippen MR) is 137 cm³/mol. The zero-order valence-corrected chi connectivity index (χ0v) is 19.6. The van der Waals surface area contributed by atoms with Gasteiger partial charge in [0.1, 0.15) is 0 Å². The molecule has 3 heteroatoms. The average Bonchev–Trinajstić information content (AvgIpc) is 2.82. The highest BCUT2D eigenvalue weighted by molar-refractivity contribution is 7.91. The number of hydrogen-bond donors (Lipinski definition) is 0. The Bertz CT molecular complexity index is 875. The van der Waals surface area contributed by atoms with E-state index in [0.717, 1.165) is 0 Å². The second kappa shape index (κ2) is 9.89. The van der Waals surface area contributed by atoms with Crippen molar-refractivity contribution in [1.29, 1.82) is 0 Å². The van der Waals surface area contributed by atoms with Gasteiger partial charge in [-0.05, 0) is 44.0 Å². The SMILES string of the molecule is CC(CCl)(P(c1ccccc1)c1ccccc1)P(c1ccccc1)c1ccccc1. The molecule has 0 nitrogen and oxygen atoms in total. The van der Waals surface area contributed by atoms with E-state index in [-0.39, 0.29) is 4.90 Å². The van der Waals surface area contributed by atoms with E-state index in [1.807, 2.05) is 0 Å². The zero-order chi connectivity index (χ0) is 20.8. The lowest BCUT2D eigenvalue weighted by atomic mass is 10.4. The van der Waals surface area contributed by atoms with Crippen molar-refractivity contribution in [3.63, 3.8) is 0 Å². The van der Waals surface area contributed by atoms with Crippen LogP contribution in [0.15, 0.2) is 121 Å². The van der Waals surface area contributed by atoms with Crippen molar-refractivity contribution >= 4 is 48.7 Å². The number of halogens is 1. The molecule has 0 radical (unpaired) electrons. The van der Waals surface area contributed by atoms with E-state index in [4.69, 9.17) is 11.6 Å². The van der Waals surface area contributed by atoms with Crippen LogP contribution in [0, 0.1) is 0 Å². The van der Waals surface area contributed by atoms with Crippen LogP contribution in [0.4, 0.5) is 0 Å². The molecule has 0 bridgehead atoms. The molecule has 0 heterocycles. The van der Waals surface area contributed by atoms with E-state index >= 15 is 0 Å². The van der Waals surface area contributed by atoms with Crippen molar-refractivity contribution in [3.8, 4) is 0 Å². The van der Waals surface area contributed by atoms with Gasteiger partial charge in [-0.1, -0.05) is 121 Å². The third-order valence-electron chi connectivity index (χ3n) is 5.27. The monoisotopic (exact) mass is 446 g/mol. The van der Waals surface area contributed by atoms with Crippen LogP contribution >= 0.6 is 27.4 Å². The molecule has 30 heavy (non-hydrogen) atoms. The predicted octanol–water partition coefficient (Wildman–Crippen LogP) is 6.21. The summed E-state index contributed by atoms with van der Waals surface area (Å²) in [4.78, 5) is -0.113. The fourth-order valence-corrected chi connectivity index (χ4v) is 11.8. The second-order valence-electron chi connectivity index (χ2n) is 7.36. The smallest absolute Gasteiger partial charge is 0.0373 e. The highest BCUT2D eigenvalue weighted by Gasteiger charge is 2.43. The van der Waals surface area contributed by atoms with E-state index < -0.39 is 15.8 Å². The summed E-state index contributed by atoms with van der Waals surface area (Å²) in [5.74, 6) is 0.595. The first-order valence-corrected chi connectivity index (χ1v) is 13.3. The Balaban J connectivity index is 1.95. The van der Waals surface area contributed by atoms with E-state index in [9.17, 15) is 0 Å². The maximum absolute atomic E-state index is 6.93. The number of rotatable bonds is 7. The van der Waals surface area contributed by atoms with Gasteiger partial charge in [0.15, 0.2) is 0 Å². The van der Waals surface area contributed by atoms with Crippen LogP contribution in [0.5, 0.6) is 0 Å². The van der Waals surface area contributed by atoms with Crippen LogP contribution in [0.25, 0.3) is 0 Å². The molecule has 0 saturated heterocycles. The van der Waals surface area contributed by atoms with Crippen molar-refractivity contribution in [2.45, 2.75) is 11.8 Å². The summed E-state index contributed by atoms with van der Waals surface area (Å²) in [6.07, 6.45) is 0. The molecule has 0 atom stereocenters. The standard InChI is InChI=1S/C27H25ClP2/c1-27(22-28,29(23-14-6-2-7-15-23)24-16-8-3-9-17-24)30(25-18-10-4-11-19-25)26-20-12-5-13-21-26/h2-21H,22H2,1H3. The van der Waals surface area contributed by atoms with E-state index in [0.29, 0.717) is 5.88 Å². The molecule has 0 aliphatic heterocycles. The molecule has 0 aromatic heterocycles. The van der Waals surface area contributed by atoms with Gasteiger partial charge in [-0.2, -0.15) is 0 Å². The van der Waals surface area contributed by atoms with Gasteiger partial charge in [0.25, 0.3) is 0 Å². The van der Waals surface area contributed by atoms with Gasteiger partial charge in [0, 0.05) is 10.8 Å². The molecule has 150 valence electrons. The van der Waals surface area contributed by atoms with Crippen LogP contribution in [-0.2, 0) is 0 Å². The molecule has 0 spiro atoms. The fraction of sp³-hybridized carbons (Fsp3) is 0.111. The topological polar surface area (TPSA) is 0 Å². The van der Waals surface area contributed by atoms with Crippen molar-refractivity contribution in [3.05, 3.63) is 121 Å². The molecule has 0 unspecified atom stereocenters. The molecule has 4 aromatic carbocycles. The number of hydrogen-bond acceptors (Lipinski definition) is 0. The summed E-state index contributed by atoms with van der Waals surface area (Å²) >= 11 is 6.93. The van der Waals surface area contributed by atoms with Crippen molar-refractivity contribution in [1.82, 2.24) is 0 Å². The quantitative estimate of drug-likeness (QED) is 0.234. The maximum Gasteiger partial charge on any atom is 0.0373 e. The van der Waals surface area contributed by atoms with Gasteiger partial charge in [0.05, 0.1) is 0 Å². The van der Waals surface area contributed by atoms with Gasteiger partial charge in [-0.3, -0.25) is 0 Å². The van der Waals surface area contributed by atoms with Crippen molar-refractivity contribution < 1.29 is 0 Å².